The van der Waals surface area contributed by atoms with Crippen molar-refractivity contribution in [3.8, 4) is 0 Å². The van der Waals surface area contributed by atoms with Gasteiger partial charge < -0.3 is 4.57 Å². The van der Waals surface area contributed by atoms with Gasteiger partial charge in [-0.2, -0.15) is 4.98 Å². The Morgan fingerprint density at radius 3 is 2.75 bits per heavy atom. The largest absolute Gasteiger partial charge is 0.312 e. The Hall–Kier alpha value is -1.90. The van der Waals surface area contributed by atoms with Gasteiger partial charge in [0.05, 0.1) is 12.8 Å². The fourth-order valence-corrected chi connectivity index (χ4v) is 3.17. The number of fused-ring (bicyclic) bond motifs is 1. The molecule has 0 saturated carbocycles. The number of rotatable bonds is 4. The predicted molar refractivity (Wildman–Crippen MR) is 94.1 cm³/mol. The van der Waals surface area contributed by atoms with E-state index in [4.69, 9.17) is 23.2 Å². The standard InChI is InChI=1S/C14H13Cl2N5O2S/c1-20(24(2,22)23)12-9(4-3-5-17-12)8-21-11(15)6-10-7-18-14(16)19-13(10)21/h3-7H,8H2,1-2H3. The Morgan fingerprint density at radius 2 is 2.04 bits per heavy atom. The molecule has 126 valence electrons. The van der Waals surface area contributed by atoms with Crippen molar-refractivity contribution in [2.24, 2.45) is 0 Å². The summed E-state index contributed by atoms with van der Waals surface area (Å²) in [5.41, 5.74) is 1.25. The van der Waals surface area contributed by atoms with Crippen LogP contribution in [0, 0.1) is 0 Å². The van der Waals surface area contributed by atoms with E-state index in [1.807, 2.05) is 0 Å². The molecule has 3 aromatic rings. The highest BCUT2D eigenvalue weighted by Crippen LogP contribution is 2.26. The Bertz CT molecular complexity index is 1020. The van der Waals surface area contributed by atoms with Crippen molar-refractivity contribution in [1.82, 2.24) is 19.5 Å². The molecular weight excluding hydrogens is 373 g/mol. The van der Waals surface area contributed by atoms with Crippen LogP contribution in [0.3, 0.4) is 0 Å². The number of halogens is 2. The molecule has 0 atom stereocenters. The van der Waals surface area contributed by atoms with Crippen molar-refractivity contribution in [1.29, 1.82) is 0 Å². The topological polar surface area (TPSA) is 81.0 Å². The average molecular weight is 386 g/mol. The summed E-state index contributed by atoms with van der Waals surface area (Å²) in [4.78, 5) is 12.3. The fraction of sp³-hybridized carbons (Fsp3) is 0.214. The van der Waals surface area contributed by atoms with E-state index in [2.05, 4.69) is 15.0 Å². The first-order chi connectivity index (χ1) is 11.3. The summed E-state index contributed by atoms with van der Waals surface area (Å²) in [5, 5.41) is 1.29. The van der Waals surface area contributed by atoms with Crippen LogP contribution in [0.25, 0.3) is 11.0 Å². The van der Waals surface area contributed by atoms with Crippen molar-refractivity contribution >= 4 is 50.1 Å². The third kappa shape index (κ3) is 3.17. The van der Waals surface area contributed by atoms with Gasteiger partial charge in [-0.05, 0) is 23.7 Å². The second-order valence-electron chi connectivity index (χ2n) is 5.19. The van der Waals surface area contributed by atoms with Gasteiger partial charge >= 0.3 is 0 Å². The molecule has 0 fully saturated rings. The summed E-state index contributed by atoms with van der Waals surface area (Å²) in [7, 11) is -1.98. The van der Waals surface area contributed by atoms with Gasteiger partial charge in [-0.15, -0.1) is 0 Å². The van der Waals surface area contributed by atoms with E-state index in [0.29, 0.717) is 28.7 Å². The minimum Gasteiger partial charge on any atom is -0.312 e. The Balaban J connectivity index is 2.10. The first kappa shape index (κ1) is 16.9. The molecule has 0 aromatic carbocycles. The molecule has 0 unspecified atom stereocenters. The molecule has 7 nitrogen and oxygen atoms in total. The lowest BCUT2D eigenvalue weighted by Crippen LogP contribution is -2.27. The van der Waals surface area contributed by atoms with Crippen LogP contribution < -0.4 is 4.31 Å². The number of nitrogens with zero attached hydrogens (tertiary/aromatic N) is 5. The van der Waals surface area contributed by atoms with Gasteiger partial charge in [-0.3, -0.25) is 4.31 Å². The zero-order valence-electron chi connectivity index (χ0n) is 12.8. The lowest BCUT2D eigenvalue weighted by Gasteiger charge is -2.19. The fourth-order valence-electron chi connectivity index (χ4n) is 2.30. The monoisotopic (exact) mass is 385 g/mol. The minimum absolute atomic E-state index is 0.109. The summed E-state index contributed by atoms with van der Waals surface area (Å²) in [5.74, 6) is 0.332. The van der Waals surface area contributed by atoms with Crippen LogP contribution in [-0.4, -0.2) is 41.2 Å². The van der Waals surface area contributed by atoms with Gasteiger partial charge in [0.25, 0.3) is 0 Å². The maximum absolute atomic E-state index is 11.8. The van der Waals surface area contributed by atoms with E-state index in [1.165, 1.54) is 13.2 Å². The van der Waals surface area contributed by atoms with Crippen LogP contribution >= 0.6 is 23.2 Å². The normalized spacial score (nSPS) is 11.8. The van der Waals surface area contributed by atoms with Crippen LogP contribution in [-0.2, 0) is 16.6 Å². The number of anilines is 1. The first-order valence-corrected chi connectivity index (χ1v) is 9.43. The summed E-state index contributed by atoms with van der Waals surface area (Å²) in [6.45, 7) is 0.290. The molecule has 0 aliphatic carbocycles. The van der Waals surface area contributed by atoms with Crippen LogP contribution in [0.1, 0.15) is 5.56 Å². The van der Waals surface area contributed by atoms with Gasteiger partial charge in [0.1, 0.15) is 16.6 Å². The zero-order chi connectivity index (χ0) is 17.5. The summed E-state index contributed by atoms with van der Waals surface area (Å²) >= 11 is 12.2. The molecule has 0 amide bonds. The molecule has 0 saturated heterocycles. The van der Waals surface area contributed by atoms with E-state index in [9.17, 15) is 8.42 Å². The molecule has 3 aromatic heterocycles. The Morgan fingerprint density at radius 1 is 1.29 bits per heavy atom. The number of hydrogen-bond donors (Lipinski definition) is 0. The van der Waals surface area contributed by atoms with Crippen molar-refractivity contribution in [2.45, 2.75) is 6.54 Å². The molecular formula is C14H13Cl2N5O2S. The third-order valence-corrected chi connectivity index (χ3v) is 5.21. The van der Waals surface area contributed by atoms with Gasteiger partial charge in [-0.25, -0.2) is 18.4 Å². The van der Waals surface area contributed by atoms with Crippen LogP contribution in [0.4, 0.5) is 5.82 Å². The van der Waals surface area contributed by atoms with Gasteiger partial charge in [-0.1, -0.05) is 17.7 Å². The predicted octanol–water partition coefficient (Wildman–Crippen LogP) is 2.58. The van der Waals surface area contributed by atoms with E-state index >= 15 is 0 Å². The highest BCUT2D eigenvalue weighted by Gasteiger charge is 2.19. The smallest absolute Gasteiger partial charge is 0.233 e. The maximum atomic E-state index is 11.8. The molecule has 24 heavy (non-hydrogen) atoms. The maximum Gasteiger partial charge on any atom is 0.233 e. The molecule has 0 spiro atoms. The molecule has 3 heterocycles. The summed E-state index contributed by atoms with van der Waals surface area (Å²) in [6, 6.07) is 5.25. The van der Waals surface area contributed by atoms with Gasteiger partial charge in [0.15, 0.2) is 0 Å². The summed E-state index contributed by atoms with van der Waals surface area (Å²) in [6.07, 6.45) is 4.24. The van der Waals surface area contributed by atoms with Gasteiger partial charge in [0.2, 0.25) is 15.3 Å². The van der Waals surface area contributed by atoms with E-state index in [1.54, 1.807) is 29.0 Å². The lowest BCUT2D eigenvalue weighted by molar-refractivity contribution is 0.599. The molecule has 0 aliphatic rings. The minimum atomic E-state index is -3.43. The van der Waals surface area contributed by atoms with Gasteiger partial charge in [0, 0.05) is 30.4 Å². The molecule has 0 bridgehead atoms. The SMILES string of the molecule is CN(c1ncccc1Cn1c(Cl)cc2cnc(Cl)nc21)S(C)(=O)=O. The molecule has 10 heteroatoms. The van der Waals surface area contributed by atoms with Crippen LogP contribution in [0.5, 0.6) is 0 Å². The molecule has 0 aliphatic heterocycles. The third-order valence-electron chi connectivity index (χ3n) is 3.55. The highest BCUT2D eigenvalue weighted by atomic mass is 35.5. The number of aromatic nitrogens is 4. The highest BCUT2D eigenvalue weighted by molar-refractivity contribution is 7.92. The van der Waals surface area contributed by atoms with Crippen molar-refractivity contribution in [3.63, 3.8) is 0 Å². The second kappa shape index (κ2) is 6.19. The van der Waals surface area contributed by atoms with E-state index in [0.717, 1.165) is 15.9 Å². The number of pyridine rings is 1. The van der Waals surface area contributed by atoms with Crippen molar-refractivity contribution in [3.05, 3.63) is 46.6 Å². The Labute approximate surface area is 148 Å². The number of hydrogen-bond acceptors (Lipinski definition) is 5. The Kier molecular flexibility index (Phi) is 4.37. The zero-order valence-corrected chi connectivity index (χ0v) is 15.1. The molecule has 0 N–H and O–H groups in total. The second-order valence-corrected chi connectivity index (χ2v) is 7.93. The first-order valence-electron chi connectivity index (χ1n) is 6.82. The van der Waals surface area contributed by atoms with E-state index in [-0.39, 0.29) is 5.28 Å². The van der Waals surface area contributed by atoms with Crippen molar-refractivity contribution in [2.75, 3.05) is 17.6 Å². The summed E-state index contributed by atoms with van der Waals surface area (Å²) < 4.78 is 26.5. The molecule has 0 radical (unpaired) electrons. The molecule has 3 rings (SSSR count). The average Bonchev–Trinajstić information content (AvgIpc) is 2.82. The van der Waals surface area contributed by atoms with Crippen LogP contribution in [0.2, 0.25) is 10.4 Å². The quantitative estimate of drug-likeness (QED) is 0.644. The van der Waals surface area contributed by atoms with E-state index < -0.39 is 10.0 Å². The van der Waals surface area contributed by atoms with Crippen molar-refractivity contribution < 1.29 is 8.42 Å². The lowest BCUT2D eigenvalue weighted by atomic mass is 10.2. The van der Waals surface area contributed by atoms with Crippen LogP contribution in [0.15, 0.2) is 30.6 Å². The number of sulfonamides is 1.